The van der Waals surface area contributed by atoms with Gasteiger partial charge in [0.2, 0.25) is 0 Å². The Balaban J connectivity index is 1.94. The van der Waals surface area contributed by atoms with E-state index < -0.39 is 0 Å². The van der Waals surface area contributed by atoms with E-state index in [9.17, 15) is 0 Å². The number of nitrogens with one attached hydrogen (secondary N) is 1. The van der Waals surface area contributed by atoms with Crippen molar-refractivity contribution in [2.45, 2.75) is 19.6 Å². The second-order valence-corrected chi connectivity index (χ2v) is 5.58. The number of hydrogen-bond acceptors (Lipinski definition) is 3. The van der Waals surface area contributed by atoms with Gasteiger partial charge in [-0.1, -0.05) is 47.5 Å². The predicted octanol–water partition coefficient (Wildman–Crippen LogP) is 4.38. The van der Waals surface area contributed by atoms with Gasteiger partial charge in [0.25, 0.3) is 0 Å². The Morgan fingerprint density at radius 1 is 1.30 bits per heavy atom. The van der Waals surface area contributed by atoms with Gasteiger partial charge in [0.05, 0.1) is 24.9 Å². The molecule has 0 bridgehead atoms. The van der Waals surface area contributed by atoms with E-state index in [1.807, 2.05) is 19.1 Å². The van der Waals surface area contributed by atoms with E-state index in [1.54, 1.807) is 6.07 Å². The van der Waals surface area contributed by atoms with Crippen molar-refractivity contribution in [2.75, 3.05) is 11.9 Å². The number of anilines is 1. The van der Waals surface area contributed by atoms with Crippen LogP contribution in [0.3, 0.4) is 0 Å². The molecule has 5 heteroatoms. The molecular formula is C15H14Cl2N2O. The van der Waals surface area contributed by atoms with Crippen LogP contribution < -0.4 is 5.32 Å². The highest BCUT2D eigenvalue weighted by atomic mass is 35.5. The lowest BCUT2D eigenvalue weighted by atomic mass is 9.99. The van der Waals surface area contributed by atoms with E-state index in [-0.39, 0.29) is 6.04 Å². The summed E-state index contributed by atoms with van der Waals surface area (Å²) in [5.74, 6) is 0. The first kappa shape index (κ1) is 13.7. The van der Waals surface area contributed by atoms with Gasteiger partial charge in [-0.3, -0.25) is 0 Å². The molecular weight excluding hydrogens is 295 g/mol. The van der Waals surface area contributed by atoms with Gasteiger partial charge >= 0.3 is 0 Å². The Hall–Kier alpha value is -1.29. The number of aryl methyl sites for hydroxylation is 1. The van der Waals surface area contributed by atoms with E-state index in [4.69, 9.17) is 27.9 Å². The Morgan fingerprint density at radius 2 is 2.10 bits per heavy atom. The zero-order chi connectivity index (χ0) is 14.1. The lowest BCUT2D eigenvalue weighted by molar-refractivity contribution is 0.0970. The number of benzene rings is 1. The lowest BCUT2D eigenvalue weighted by Crippen LogP contribution is -2.23. The zero-order valence-corrected chi connectivity index (χ0v) is 12.5. The third-order valence-corrected chi connectivity index (χ3v) is 3.90. The summed E-state index contributed by atoms with van der Waals surface area (Å²) in [5.41, 5.74) is 4.22. The number of nitrogens with zero attached hydrogens (tertiary/aromatic N) is 1. The van der Waals surface area contributed by atoms with Gasteiger partial charge in [-0.2, -0.15) is 0 Å². The molecule has 1 unspecified atom stereocenters. The maximum absolute atomic E-state index is 6.18. The molecule has 1 atom stereocenters. The summed E-state index contributed by atoms with van der Waals surface area (Å²) in [6.45, 7) is 3.21. The highest BCUT2D eigenvalue weighted by molar-refractivity contribution is 6.34. The summed E-state index contributed by atoms with van der Waals surface area (Å²) in [5, 5.41) is 4.21. The van der Waals surface area contributed by atoms with Crippen molar-refractivity contribution < 1.29 is 4.74 Å². The van der Waals surface area contributed by atoms with Gasteiger partial charge in [-0.05, 0) is 29.7 Å². The van der Waals surface area contributed by atoms with Crippen molar-refractivity contribution >= 4 is 28.9 Å². The summed E-state index contributed by atoms with van der Waals surface area (Å²) in [4.78, 5) is 4.08. The predicted molar refractivity (Wildman–Crippen MR) is 81.5 cm³/mol. The van der Waals surface area contributed by atoms with Crippen molar-refractivity contribution in [2.24, 2.45) is 0 Å². The standard InChI is InChI=1S/C15H14Cl2N2O/c1-9-6-13(16)19-15(17)14(9)18-12-8-20-7-10-4-2-3-5-11(10)12/h2-6,12,18H,7-8H2,1H3. The van der Waals surface area contributed by atoms with Crippen LogP contribution in [0.2, 0.25) is 10.3 Å². The van der Waals surface area contributed by atoms with Crippen LogP contribution in [0.25, 0.3) is 0 Å². The minimum atomic E-state index is 0.0686. The Labute approximate surface area is 127 Å². The molecule has 0 fully saturated rings. The molecule has 0 saturated carbocycles. The summed E-state index contributed by atoms with van der Waals surface area (Å²) in [6, 6.07) is 10.1. The first-order valence-electron chi connectivity index (χ1n) is 6.40. The van der Waals surface area contributed by atoms with Crippen LogP contribution in [-0.4, -0.2) is 11.6 Å². The minimum Gasteiger partial charge on any atom is -0.374 e. The van der Waals surface area contributed by atoms with E-state index >= 15 is 0 Å². The van der Waals surface area contributed by atoms with Gasteiger partial charge in [-0.25, -0.2) is 4.98 Å². The molecule has 1 aromatic heterocycles. The number of fused-ring (bicyclic) bond motifs is 1. The number of hydrogen-bond donors (Lipinski definition) is 1. The topological polar surface area (TPSA) is 34.2 Å². The van der Waals surface area contributed by atoms with Crippen molar-refractivity contribution in [3.8, 4) is 0 Å². The van der Waals surface area contributed by atoms with Crippen LogP contribution in [0.4, 0.5) is 5.69 Å². The average molecular weight is 309 g/mol. The molecule has 104 valence electrons. The van der Waals surface area contributed by atoms with E-state index in [0.717, 1.165) is 11.3 Å². The molecule has 2 heterocycles. The summed E-state index contributed by atoms with van der Waals surface area (Å²) in [7, 11) is 0. The lowest BCUT2D eigenvalue weighted by Gasteiger charge is -2.28. The third-order valence-electron chi connectivity index (χ3n) is 3.43. The SMILES string of the molecule is Cc1cc(Cl)nc(Cl)c1NC1COCc2ccccc21. The maximum Gasteiger partial charge on any atom is 0.154 e. The van der Waals surface area contributed by atoms with E-state index in [1.165, 1.54) is 11.1 Å². The molecule has 0 spiro atoms. The molecule has 1 aliphatic heterocycles. The van der Waals surface area contributed by atoms with Crippen LogP contribution in [-0.2, 0) is 11.3 Å². The molecule has 2 aromatic rings. The number of pyridine rings is 1. The molecule has 3 nitrogen and oxygen atoms in total. The molecule has 0 amide bonds. The van der Waals surface area contributed by atoms with Crippen LogP contribution >= 0.6 is 23.2 Å². The van der Waals surface area contributed by atoms with Crippen LogP contribution in [0, 0.1) is 6.92 Å². The van der Waals surface area contributed by atoms with Crippen LogP contribution in [0.5, 0.6) is 0 Å². The van der Waals surface area contributed by atoms with Crippen LogP contribution in [0.1, 0.15) is 22.7 Å². The summed E-state index contributed by atoms with van der Waals surface area (Å²) >= 11 is 12.1. The second-order valence-electron chi connectivity index (χ2n) is 4.84. The first-order chi connectivity index (χ1) is 9.65. The van der Waals surface area contributed by atoms with Gasteiger partial charge in [0.15, 0.2) is 5.15 Å². The highest BCUT2D eigenvalue weighted by Crippen LogP contribution is 2.33. The van der Waals surface area contributed by atoms with Crippen molar-refractivity contribution in [3.05, 3.63) is 57.3 Å². The fourth-order valence-electron chi connectivity index (χ4n) is 2.44. The van der Waals surface area contributed by atoms with E-state index in [0.29, 0.717) is 23.5 Å². The van der Waals surface area contributed by atoms with Crippen molar-refractivity contribution in [3.63, 3.8) is 0 Å². The molecule has 1 aromatic carbocycles. The number of ether oxygens (including phenoxy) is 1. The van der Waals surface area contributed by atoms with E-state index in [2.05, 4.69) is 22.4 Å². The third kappa shape index (κ3) is 2.62. The molecule has 3 rings (SSSR count). The minimum absolute atomic E-state index is 0.0686. The fraction of sp³-hybridized carbons (Fsp3) is 0.267. The fourth-order valence-corrected chi connectivity index (χ4v) is 3.03. The molecule has 20 heavy (non-hydrogen) atoms. The molecule has 1 N–H and O–H groups in total. The smallest absolute Gasteiger partial charge is 0.154 e. The monoisotopic (exact) mass is 308 g/mol. The van der Waals surface area contributed by atoms with Crippen molar-refractivity contribution in [1.82, 2.24) is 4.98 Å². The zero-order valence-electron chi connectivity index (χ0n) is 11.0. The highest BCUT2D eigenvalue weighted by Gasteiger charge is 2.22. The molecule has 0 saturated heterocycles. The number of aromatic nitrogens is 1. The molecule has 0 radical (unpaired) electrons. The normalized spacial score (nSPS) is 17.6. The Kier molecular flexibility index (Phi) is 3.83. The second kappa shape index (κ2) is 5.60. The van der Waals surface area contributed by atoms with Gasteiger partial charge in [0, 0.05) is 0 Å². The van der Waals surface area contributed by atoms with Crippen LogP contribution in [0.15, 0.2) is 30.3 Å². The average Bonchev–Trinajstić information content (AvgIpc) is 2.43. The quantitative estimate of drug-likeness (QED) is 0.836. The first-order valence-corrected chi connectivity index (χ1v) is 7.15. The van der Waals surface area contributed by atoms with Gasteiger partial charge in [0.1, 0.15) is 5.15 Å². The molecule has 0 aliphatic carbocycles. The number of halogens is 2. The van der Waals surface area contributed by atoms with Gasteiger partial charge in [-0.15, -0.1) is 0 Å². The molecule has 1 aliphatic rings. The van der Waals surface area contributed by atoms with Gasteiger partial charge < -0.3 is 10.1 Å². The Bertz CT molecular complexity index is 623. The number of rotatable bonds is 2. The summed E-state index contributed by atoms with van der Waals surface area (Å²) < 4.78 is 5.63. The Morgan fingerprint density at radius 3 is 2.90 bits per heavy atom. The largest absolute Gasteiger partial charge is 0.374 e. The summed E-state index contributed by atoms with van der Waals surface area (Å²) in [6.07, 6.45) is 0. The van der Waals surface area contributed by atoms with Crippen molar-refractivity contribution in [1.29, 1.82) is 0 Å². The maximum atomic E-state index is 6.18.